The molecule has 1 aromatic carbocycles. The van der Waals surface area contributed by atoms with E-state index in [0.29, 0.717) is 12.2 Å². The second kappa shape index (κ2) is 6.05. The first kappa shape index (κ1) is 14.5. The van der Waals surface area contributed by atoms with Crippen LogP contribution in [-0.4, -0.2) is 15.9 Å². The van der Waals surface area contributed by atoms with Gasteiger partial charge in [-0.05, 0) is 25.5 Å². The number of aryl methyl sites for hydroxylation is 1. The van der Waals surface area contributed by atoms with Crippen molar-refractivity contribution < 1.29 is 9.18 Å². The monoisotopic (exact) mass is 295 g/mol. The van der Waals surface area contributed by atoms with Crippen LogP contribution in [0.15, 0.2) is 24.4 Å². The number of imidazole rings is 1. The lowest BCUT2D eigenvalue weighted by Crippen LogP contribution is -2.29. The van der Waals surface area contributed by atoms with Gasteiger partial charge in [-0.15, -0.1) is 0 Å². The van der Waals surface area contributed by atoms with Crippen LogP contribution < -0.4 is 5.32 Å². The molecule has 0 radical (unpaired) electrons. The first-order valence-electron chi connectivity index (χ1n) is 6.29. The predicted molar refractivity (Wildman–Crippen MR) is 75.2 cm³/mol. The molecule has 6 heteroatoms. The Morgan fingerprint density at radius 1 is 1.55 bits per heavy atom. The normalized spacial score (nSPS) is 12.2. The molecule has 2 rings (SSSR count). The summed E-state index contributed by atoms with van der Waals surface area (Å²) >= 11 is 5.68. The van der Waals surface area contributed by atoms with Crippen LogP contribution in [0.2, 0.25) is 5.02 Å². The predicted octanol–water partition coefficient (Wildman–Crippen LogP) is 3.39. The standard InChI is InChI=1S/C14H15ClFN3O/c1-3-11(13-17-7-8(2)18-13)19-14(20)9-5-4-6-10(15)12(9)16/h4-7,11H,3H2,1-2H3,(H,17,18)(H,19,20)/t11-/m0/s1. The van der Waals surface area contributed by atoms with Gasteiger partial charge in [-0.3, -0.25) is 4.79 Å². The van der Waals surface area contributed by atoms with Crippen molar-refractivity contribution in [1.82, 2.24) is 15.3 Å². The number of amides is 1. The van der Waals surface area contributed by atoms with Crippen LogP contribution in [-0.2, 0) is 0 Å². The number of aromatic amines is 1. The van der Waals surface area contributed by atoms with Crippen molar-refractivity contribution in [2.45, 2.75) is 26.3 Å². The number of rotatable bonds is 4. The second-order valence-corrected chi connectivity index (χ2v) is 4.89. The molecule has 0 aliphatic rings. The third kappa shape index (κ3) is 2.99. The van der Waals surface area contributed by atoms with Gasteiger partial charge in [0.2, 0.25) is 0 Å². The molecule has 106 valence electrons. The van der Waals surface area contributed by atoms with E-state index >= 15 is 0 Å². The van der Waals surface area contributed by atoms with E-state index in [4.69, 9.17) is 11.6 Å². The number of nitrogens with zero attached hydrogens (tertiary/aromatic N) is 1. The maximum atomic E-state index is 13.8. The summed E-state index contributed by atoms with van der Waals surface area (Å²) in [5.41, 5.74) is 0.834. The fraction of sp³-hybridized carbons (Fsp3) is 0.286. The molecule has 0 aliphatic carbocycles. The Balaban J connectivity index is 2.19. The molecule has 2 N–H and O–H groups in total. The van der Waals surface area contributed by atoms with Crippen LogP contribution >= 0.6 is 11.6 Å². The average molecular weight is 296 g/mol. The summed E-state index contributed by atoms with van der Waals surface area (Å²) in [6.45, 7) is 3.79. The first-order valence-corrected chi connectivity index (χ1v) is 6.67. The van der Waals surface area contributed by atoms with Gasteiger partial charge in [-0.25, -0.2) is 9.37 Å². The summed E-state index contributed by atoms with van der Waals surface area (Å²) in [4.78, 5) is 19.4. The van der Waals surface area contributed by atoms with Crippen molar-refractivity contribution in [2.75, 3.05) is 0 Å². The molecule has 2 aromatic rings. The summed E-state index contributed by atoms with van der Waals surface area (Å²) in [6, 6.07) is 4.05. The fourth-order valence-corrected chi connectivity index (χ4v) is 2.06. The molecule has 4 nitrogen and oxygen atoms in total. The van der Waals surface area contributed by atoms with Gasteiger partial charge in [0.1, 0.15) is 5.82 Å². The molecule has 0 saturated heterocycles. The van der Waals surface area contributed by atoms with E-state index in [1.807, 2.05) is 13.8 Å². The Labute approximate surface area is 121 Å². The van der Waals surface area contributed by atoms with Gasteiger partial charge in [-0.2, -0.15) is 0 Å². The van der Waals surface area contributed by atoms with Gasteiger partial charge < -0.3 is 10.3 Å². The highest BCUT2D eigenvalue weighted by Crippen LogP contribution is 2.19. The van der Waals surface area contributed by atoms with E-state index < -0.39 is 11.7 Å². The van der Waals surface area contributed by atoms with E-state index in [-0.39, 0.29) is 16.6 Å². The molecular formula is C14H15ClFN3O. The quantitative estimate of drug-likeness (QED) is 0.908. The van der Waals surface area contributed by atoms with Crippen molar-refractivity contribution in [3.05, 3.63) is 52.3 Å². The Morgan fingerprint density at radius 3 is 2.90 bits per heavy atom. The van der Waals surface area contributed by atoms with Gasteiger partial charge >= 0.3 is 0 Å². The number of nitrogens with one attached hydrogen (secondary N) is 2. The van der Waals surface area contributed by atoms with Crippen molar-refractivity contribution in [2.24, 2.45) is 0 Å². The molecule has 0 aliphatic heterocycles. The van der Waals surface area contributed by atoms with Crippen LogP contribution in [0.1, 0.15) is 41.3 Å². The number of benzene rings is 1. The third-order valence-corrected chi connectivity index (χ3v) is 3.25. The molecule has 0 unspecified atom stereocenters. The zero-order valence-corrected chi connectivity index (χ0v) is 12.0. The summed E-state index contributed by atoms with van der Waals surface area (Å²) in [7, 11) is 0. The Bertz CT molecular complexity index is 627. The number of carbonyl (C=O) groups excluding carboxylic acids is 1. The SMILES string of the molecule is CC[C@H](NC(=O)c1cccc(Cl)c1F)c1ncc(C)[nH]1. The van der Waals surface area contributed by atoms with Gasteiger partial charge in [0.25, 0.3) is 5.91 Å². The minimum atomic E-state index is -0.711. The maximum Gasteiger partial charge on any atom is 0.254 e. The van der Waals surface area contributed by atoms with Crippen molar-refractivity contribution in [3.63, 3.8) is 0 Å². The van der Waals surface area contributed by atoms with Gasteiger partial charge in [0.05, 0.1) is 16.6 Å². The average Bonchev–Trinajstić information content (AvgIpc) is 2.85. The third-order valence-electron chi connectivity index (χ3n) is 2.96. The minimum Gasteiger partial charge on any atom is -0.344 e. The van der Waals surface area contributed by atoms with Crippen molar-refractivity contribution in [1.29, 1.82) is 0 Å². The molecule has 1 atom stereocenters. The fourth-order valence-electron chi connectivity index (χ4n) is 1.89. The number of hydrogen-bond acceptors (Lipinski definition) is 2. The topological polar surface area (TPSA) is 57.8 Å². The van der Waals surface area contributed by atoms with Crippen molar-refractivity contribution >= 4 is 17.5 Å². The highest BCUT2D eigenvalue weighted by Gasteiger charge is 2.19. The number of aromatic nitrogens is 2. The van der Waals surface area contributed by atoms with E-state index in [9.17, 15) is 9.18 Å². The van der Waals surface area contributed by atoms with E-state index in [1.165, 1.54) is 18.2 Å². The van der Waals surface area contributed by atoms with Gasteiger partial charge in [0.15, 0.2) is 5.82 Å². The number of hydrogen-bond donors (Lipinski definition) is 2. The molecule has 0 fully saturated rings. The molecule has 0 spiro atoms. The largest absolute Gasteiger partial charge is 0.344 e. The summed E-state index contributed by atoms with van der Waals surface area (Å²) in [6.07, 6.45) is 2.32. The number of H-pyrrole nitrogens is 1. The minimum absolute atomic E-state index is 0.0699. The van der Waals surface area contributed by atoms with E-state index in [0.717, 1.165) is 5.69 Å². The zero-order chi connectivity index (χ0) is 14.7. The van der Waals surface area contributed by atoms with Crippen LogP contribution in [0.25, 0.3) is 0 Å². The smallest absolute Gasteiger partial charge is 0.254 e. The molecule has 0 saturated carbocycles. The van der Waals surface area contributed by atoms with Crippen LogP contribution in [0.5, 0.6) is 0 Å². The highest BCUT2D eigenvalue weighted by molar-refractivity contribution is 6.31. The molecule has 20 heavy (non-hydrogen) atoms. The second-order valence-electron chi connectivity index (χ2n) is 4.49. The highest BCUT2D eigenvalue weighted by atomic mass is 35.5. The molecule has 0 bridgehead atoms. The van der Waals surface area contributed by atoms with Crippen LogP contribution in [0, 0.1) is 12.7 Å². The van der Waals surface area contributed by atoms with E-state index in [1.54, 1.807) is 6.20 Å². The molecule has 1 amide bonds. The molecular weight excluding hydrogens is 281 g/mol. The lowest BCUT2D eigenvalue weighted by atomic mass is 10.1. The molecule has 1 heterocycles. The first-order chi connectivity index (χ1) is 9.52. The summed E-state index contributed by atoms with van der Waals surface area (Å²) < 4.78 is 13.8. The van der Waals surface area contributed by atoms with Crippen LogP contribution in [0.4, 0.5) is 4.39 Å². The van der Waals surface area contributed by atoms with Crippen LogP contribution in [0.3, 0.4) is 0 Å². The number of carbonyl (C=O) groups is 1. The Kier molecular flexibility index (Phi) is 4.39. The zero-order valence-electron chi connectivity index (χ0n) is 11.2. The lowest BCUT2D eigenvalue weighted by Gasteiger charge is -2.15. The summed E-state index contributed by atoms with van der Waals surface area (Å²) in [5, 5.41) is 2.68. The lowest BCUT2D eigenvalue weighted by molar-refractivity contribution is 0.0929. The maximum absolute atomic E-state index is 13.8. The van der Waals surface area contributed by atoms with Crippen molar-refractivity contribution in [3.8, 4) is 0 Å². The van der Waals surface area contributed by atoms with Gasteiger partial charge in [0, 0.05) is 11.9 Å². The van der Waals surface area contributed by atoms with E-state index in [2.05, 4.69) is 15.3 Å². The van der Waals surface area contributed by atoms with Gasteiger partial charge in [-0.1, -0.05) is 24.6 Å². The Hall–Kier alpha value is -1.88. The molecule has 1 aromatic heterocycles. The summed E-state index contributed by atoms with van der Waals surface area (Å²) in [5.74, 6) is -0.566. The Morgan fingerprint density at radius 2 is 2.30 bits per heavy atom. The number of halogens is 2.